The molecule has 1 N–H and O–H groups in total. The van der Waals surface area contributed by atoms with Gasteiger partial charge in [-0.3, -0.25) is 19.7 Å². The molecule has 0 aliphatic heterocycles. The molecule has 0 atom stereocenters. The van der Waals surface area contributed by atoms with Crippen molar-refractivity contribution in [2.75, 3.05) is 26.0 Å². The van der Waals surface area contributed by atoms with E-state index in [1.807, 2.05) is 0 Å². The highest BCUT2D eigenvalue weighted by molar-refractivity contribution is 6.07. The molecule has 7 heteroatoms. The van der Waals surface area contributed by atoms with Crippen LogP contribution in [0.25, 0.3) is 0 Å². The van der Waals surface area contributed by atoms with Crippen LogP contribution in [0.15, 0.2) is 18.2 Å². The average Bonchev–Trinajstić information content (AvgIpc) is 2.26. The van der Waals surface area contributed by atoms with E-state index < -0.39 is 10.8 Å². The summed E-state index contributed by atoms with van der Waals surface area (Å²) in [6, 6.07) is 4.13. The molecule has 0 saturated carbocycles. The van der Waals surface area contributed by atoms with E-state index >= 15 is 0 Å². The van der Waals surface area contributed by atoms with Gasteiger partial charge in [0.25, 0.3) is 5.69 Å². The number of carbonyl (C=O) groups is 2. The van der Waals surface area contributed by atoms with Crippen molar-refractivity contribution in [1.82, 2.24) is 4.90 Å². The fourth-order valence-electron chi connectivity index (χ4n) is 1.60. The maximum Gasteiger partial charge on any atom is 0.293 e. The summed E-state index contributed by atoms with van der Waals surface area (Å²) in [7, 11) is 3.43. The maximum atomic E-state index is 12.0. The van der Waals surface area contributed by atoms with Crippen LogP contribution in [0.2, 0.25) is 0 Å². The molecular formula is C12H15N3O4. The van der Waals surface area contributed by atoms with Gasteiger partial charge < -0.3 is 10.2 Å². The molecule has 0 spiro atoms. The molecule has 0 radical (unpaired) electrons. The first kappa shape index (κ1) is 14.8. The summed E-state index contributed by atoms with van der Waals surface area (Å²) < 4.78 is 0. The lowest BCUT2D eigenvalue weighted by molar-refractivity contribution is -0.383. The smallest absolute Gasteiger partial charge is 0.293 e. The van der Waals surface area contributed by atoms with Crippen molar-refractivity contribution >= 4 is 23.1 Å². The van der Waals surface area contributed by atoms with E-state index in [9.17, 15) is 19.7 Å². The van der Waals surface area contributed by atoms with Crippen molar-refractivity contribution in [3.05, 3.63) is 33.9 Å². The zero-order chi connectivity index (χ0) is 14.6. The highest BCUT2D eigenvalue weighted by Crippen LogP contribution is 2.28. The van der Waals surface area contributed by atoms with Crippen LogP contribution in [-0.2, 0) is 4.79 Å². The average molecular weight is 265 g/mol. The molecule has 0 saturated heterocycles. The van der Waals surface area contributed by atoms with Crippen LogP contribution in [0.3, 0.4) is 0 Å². The van der Waals surface area contributed by atoms with Crippen molar-refractivity contribution in [2.45, 2.75) is 6.92 Å². The number of benzene rings is 1. The number of para-hydroxylation sites is 1. The number of hydrogen-bond donors (Lipinski definition) is 1. The Morgan fingerprint density at radius 1 is 1.37 bits per heavy atom. The Morgan fingerprint density at radius 3 is 2.47 bits per heavy atom. The first-order valence-electron chi connectivity index (χ1n) is 5.56. The Hall–Kier alpha value is -2.28. The summed E-state index contributed by atoms with van der Waals surface area (Å²) in [5.41, 5.74) is -0.204. The van der Waals surface area contributed by atoms with Crippen molar-refractivity contribution in [3.63, 3.8) is 0 Å². The summed E-state index contributed by atoms with van der Waals surface area (Å²) in [6.07, 6.45) is 0. The van der Waals surface area contributed by atoms with Crippen molar-refractivity contribution in [3.8, 4) is 0 Å². The van der Waals surface area contributed by atoms with E-state index in [2.05, 4.69) is 5.32 Å². The van der Waals surface area contributed by atoms with E-state index in [0.717, 1.165) is 0 Å². The quantitative estimate of drug-likeness (QED) is 0.492. The minimum absolute atomic E-state index is 0.0492. The number of ketones is 1. The van der Waals surface area contributed by atoms with Gasteiger partial charge in [-0.25, -0.2) is 0 Å². The van der Waals surface area contributed by atoms with Crippen molar-refractivity contribution < 1.29 is 14.5 Å². The number of nitrogens with zero attached hydrogens (tertiary/aromatic N) is 2. The molecule has 1 amide bonds. The predicted molar refractivity (Wildman–Crippen MR) is 70.3 cm³/mol. The number of nitro groups is 1. The minimum Gasteiger partial charge on any atom is -0.320 e. The Balaban J connectivity index is 3.29. The van der Waals surface area contributed by atoms with Gasteiger partial charge in [0.2, 0.25) is 5.91 Å². The Labute approximate surface area is 110 Å². The number of hydrogen-bond acceptors (Lipinski definition) is 5. The first-order valence-corrected chi connectivity index (χ1v) is 5.56. The third kappa shape index (κ3) is 3.85. The molecule has 1 rings (SSSR count). The number of amides is 1. The van der Waals surface area contributed by atoms with E-state index in [0.29, 0.717) is 0 Å². The monoisotopic (exact) mass is 265 g/mol. The molecule has 0 fully saturated rings. The van der Waals surface area contributed by atoms with E-state index in [-0.39, 0.29) is 29.3 Å². The highest BCUT2D eigenvalue weighted by Gasteiger charge is 2.22. The van der Waals surface area contributed by atoms with Crippen LogP contribution in [0.1, 0.15) is 17.3 Å². The first-order chi connectivity index (χ1) is 8.82. The number of nitro benzene ring substituents is 1. The summed E-state index contributed by atoms with van der Waals surface area (Å²) in [4.78, 5) is 35.1. The molecule has 19 heavy (non-hydrogen) atoms. The maximum absolute atomic E-state index is 12.0. The van der Waals surface area contributed by atoms with Crippen molar-refractivity contribution in [2.24, 2.45) is 0 Å². The molecule has 0 bridgehead atoms. The van der Waals surface area contributed by atoms with Gasteiger partial charge in [-0.1, -0.05) is 6.07 Å². The van der Waals surface area contributed by atoms with Crippen LogP contribution in [0.5, 0.6) is 0 Å². The lowest BCUT2D eigenvalue weighted by Gasteiger charge is -2.12. The third-order valence-electron chi connectivity index (χ3n) is 2.30. The number of carbonyl (C=O) groups excluding carboxylic acids is 2. The van der Waals surface area contributed by atoms with Crippen LogP contribution in [0, 0.1) is 10.1 Å². The molecule has 0 heterocycles. The van der Waals surface area contributed by atoms with Gasteiger partial charge in [0.05, 0.1) is 11.5 Å². The molecule has 0 aromatic heterocycles. The van der Waals surface area contributed by atoms with Gasteiger partial charge in [0.1, 0.15) is 5.69 Å². The van der Waals surface area contributed by atoms with Gasteiger partial charge in [-0.15, -0.1) is 0 Å². The van der Waals surface area contributed by atoms with E-state index in [1.165, 1.54) is 25.1 Å². The molecule has 0 unspecified atom stereocenters. The van der Waals surface area contributed by atoms with Crippen LogP contribution < -0.4 is 5.32 Å². The number of Topliss-reactive ketones (excluding diaryl/α,β-unsaturated/α-hetero) is 1. The van der Waals surface area contributed by atoms with Gasteiger partial charge in [-0.2, -0.15) is 0 Å². The summed E-state index contributed by atoms with van der Waals surface area (Å²) in [6.45, 7) is 1.34. The largest absolute Gasteiger partial charge is 0.320 e. The topological polar surface area (TPSA) is 92.6 Å². The second-order valence-electron chi connectivity index (χ2n) is 4.30. The minimum atomic E-state index is -0.627. The molecular weight excluding hydrogens is 250 g/mol. The predicted octanol–water partition coefficient (Wildman–Crippen LogP) is 1.30. The second-order valence-corrected chi connectivity index (χ2v) is 4.30. The van der Waals surface area contributed by atoms with Crippen LogP contribution >= 0.6 is 0 Å². The van der Waals surface area contributed by atoms with Crippen LogP contribution in [0.4, 0.5) is 11.4 Å². The summed E-state index contributed by atoms with van der Waals surface area (Å²) in [5.74, 6) is -0.759. The number of nitrogens with one attached hydrogen (secondary N) is 1. The summed E-state index contributed by atoms with van der Waals surface area (Å²) >= 11 is 0. The zero-order valence-corrected chi connectivity index (χ0v) is 11.0. The molecule has 0 aliphatic rings. The standard InChI is InChI=1S/C12H15N3O4/c1-8(16)13-12-9(11(17)7-14(2)3)5-4-6-10(12)15(18)19/h4-6H,7H2,1-3H3,(H,13,16). The molecule has 102 valence electrons. The second kappa shape index (κ2) is 6.05. The van der Waals surface area contributed by atoms with Gasteiger partial charge in [-0.05, 0) is 20.2 Å². The van der Waals surface area contributed by atoms with E-state index in [4.69, 9.17) is 0 Å². The Morgan fingerprint density at radius 2 is 2.00 bits per heavy atom. The Kier molecular flexibility index (Phi) is 4.71. The third-order valence-corrected chi connectivity index (χ3v) is 2.30. The number of anilines is 1. The van der Waals surface area contributed by atoms with Gasteiger partial charge in [0, 0.05) is 18.6 Å². The van der Waals surface area contributed by atoms with E-state index in [1.54, 1.807) is 19.0 Å². The fourth-order valence-corrected chi connectivity index (χ4v) is 1.60. The zero-order valence-electron chi connectivity index (χ0n) is 11.0. The van der Waals surface area contributed by atoms with Gasteiger partial charge in [0.15, 0.2) is 5.78 Å². The van der Waals surface area contributed by atoms with Crippen molar-refractivity contribution in [1.29, 1.82) is 0 Å². The van der Waals surface area contributed by atoms with Gasteiger partial charge >= 0.3 is 0 Å². The normalized spacial score (nSPS) is 10.3. The molecule has 7 nitrogen and oxygen atoms in total. The molecule has 0 aliphatic carbocycles. The lowest BCUT2D eigenvalue weighted by atomic mass is 10.1. The molecule has 1 aromatic rings. The number of likely N-dealkylation sites (N-methyl/N-ethyl adjacent to an activating group) is 1. The SMILES string of the molecule is CC(=O)Nc1c(C(=O)CN(C)C)cccc1[N+](=O)[O-]. The lowest BCUT2D eigenvalue weighted by Crippen LogP contribution is -2.23. The fraction of sp³-hybridized carbons (Fsp3) is 0.333. The highest BCUT2D eigenvalue weighted by atomic mass is 16.6. The summed E-state index contributed by atoms with van der Waals surface area (Å²) in [5, 5.41) is 13.3. The number of rotatable bonds is 5. The molecule has 1 aromatic carbocycles. The Bertz CT molecular complexity index is 526. The van der Waals surface area contributed by atoms with Crippen LogP contribution in [-0.4, -0.2) is 42.2 Å².